The zero-order chi connectivity index (χ0) is 31.3. The van der Waals surface area contributed by atoms with E-state index in [1.165, 1.54) is 51.4 Å². The number of carbonyl (C=O) groups excluding carboxylic acids is 2. The number of unbranched alkanes of at least 4 members (excludes halogenated alkanes) is 16. The molecule has 0 radical (unpaired) electrons. The number of hydrogen-bond acceptors (Lipinski definition) is 6. The molecule has 0 aliphatic carbocycles. The fraction of sp³-hybridized carbons (Fsp3) is 0.875. The van der Waals surface area contributed by atoms with Crippen LogP contribution < -0.4 is 10.6 Å². The molecule has 0 aromatic carbocycles. The van der Waals surface area contributed by atoms with Crippen LogP contribution in [0.25, 0.3) is 0 Å². The molecular weight excluding hydrogens is 572 g/mol. The standard InChI is InChI=1S/C32H60N2O6S2/c1-27(31(39)33-23-19-15-11-7-3-5-9-13-17-21-29(35)36)25-41-42-26-28(2)32(40)34-24-20-16-12-8-4-6-10-14-18-22-30(37)38/h27-28H,3-26H2,1-2H3,(H,33,39)(H,34,40)(H,35,36)(H,37,38). The molecule has 0 spiro atoms. The van der Waals surface area contributed by atoms with Crippen molar-refractivity contribution in [1.82, 2.24) is 10.6 Å². The molecule has 0 rings (SSSR count). The molecule has 4 N–H and O–H groups in total. The number of carboxylic acid groups (broad SMARTS) is 2. The maximum absolute atomic E-state index is 12.3. The average Bonchev–Trinajstić information content (AvgIpc) is 2.95. The van der Waals surface area contributed by atoms with Gasteiger partial charge >= 0.3 is 11.9 Å². The molecule has 0 saturated heterocycles. The van der Waals surface area contributed by atoms with Crippen LogP contribution in [0.3, 0.4) is 0 Å². The van der Waals surface area contributed by atoms with E-state index in [1.807, 2.05) is 13.8 Å². The molecule has 2 atom stereocenters. The molecule has 0 saturated carbocycles. The second-order valence-electron chi connectivity index (χ2n) is 11.6. The second-order valence-corrected chi connectivity index (χ2v) is 14.2. The smallest absolute Gasteiger partial charge is 0.303 e. The van der Waals surface area contributed by atoms with Crippen molar-refractivity contribution in [3.63, 3.8) is 0 Å². The Labute approximate surface area is 263 Å². The summed E-state index contributed by atoms with van der Waals surface area (Å²) in [5.74, 6) is 0.170. The minimum atomic E-state index is -0.702. The van der Waals surface area contributed by atoms with Crippen LogP contribution in [0.5, 0.6) is 0 Å². The fourth-order valence-corrected chi connectivity index (χ4v) is 7.21. The first-order valence-corrected chi connectivity index (χ1v) is 19.0. The Morgan fingerprint density at radius 1 is 0.476 bits per heavy atom. The zero-order valence-corrected chi connectivity index (χ0v) is 28.1. The maximum Gasteiger partial charge on any atom is 0.303 e. The lowest BCUT2D eigenvalue weighted by atomic mass is 10.1. The highest BCUT2D eigenvalue weighted by molar-refractivity contribution is 8.76. The summed E-state index contributed by atoms with van der Waals surface area (Å²) in [5.41, 5.74) is 0. The lowest BCUT2D eigenvalue weighted by molar-refractivity contribution is -0.138. The van der Waals surface area contributed by atoms with E-state index >= 15 is 0 Å². The van der Waals surface area contributed by atoms with Crippen LogP contribution in [0, 0.1) is 11.8 Å². The van der Waals surface area contributed by atoms with Crippen LogP contribution in [-0.2, 0) is 19.2 Å². The first kappa shape index (κ1) is 40.6. The predicted molar refractivity (Wildman–Crippen MR) is 177 cm³/mol. The third-order valence-electron chi connectivity index (χ3n) is 7.35. The van der Waals surface area contributed by atoms with E-state index in [-0.39, 0.29) is 36.5 Å². The fourth-order valence-electron chi connectivity index (χ4n) is 4.50. The highest BCUT2D eigenvalue weighted by atomic mass is 33.1. The van der Waals surface area contributed by atoms with Gasteiger partial charge in [0.05, 0.1) is 0 Å². The average molecular weight is 633 g/mol. The summed E-state index contributed by atoms with van der Waals surface area (Å²) < 4.78 is 0. The highest BCUT2D eigenvalue weighted by Gasteiger charge is 2.15. The van der Waals surface area contributed by atoms with E-state index in [1.54, 1.807) is 21.6 Å². The molecule has 2 amide bonds. The van der Waals surface area contributed by atoms with Gasteiger partial charge in [-0.3, -0.25) is 19.2 Å². The lowest BCUT2D eigenvalue weighted by Gasteiger charge is -2.14. The summed E-state index contributed by atoms with van der Waals surface area (Å²) in [5, 5.41) is 23.4. The Hall–Kier alpha value is -1.42. The van der Waals surface area contributed by atoms with Crippen molar-refractivity contribution in [2.75, 3.05) is 24.6 Å². The van der Waals surface area contributed by atoms with Crippen LogP contribution in [0.1, 0.15) is 142 Å². The lowest BCUT2D eigenvalue weighted by Crippen LogP contribution is -2.31. The SMILES string of the molecule is CC(CSSCC(C)C(=O)NCCCCCCCCCCCC(=O)O)C(=O)NCCCCCCCCCCCC(=O)O. The van der Waals surface area contributed by atoms with Gasteiger partial charge in [-0.1, -0.05) is 125 Å². The highest BCUT2D eigenvalue weighted by Crippen LogP contribution is 2.26. The van der Waals surface area contributed by atoms with E-state index < -0.39 is 11.9 Å². The van der Waals surface area contributed by atoms with Gasteiger partial charge in [0, 0.05) is 49.3 Å². The Kier molecular flexibility index (Phi) is 28.6. The van der Waals surface area contributed by atoms with Crippen molar-refractivity contribution in [3.8, 4) is 0 Å². The van der Waals surface area contributed by atoms with Crippen LogP contribution in [0.15, 0.2) is 0 Å². The first-order chi connectivity index (χ1) is 20.2. The summed E-state index contributed by atoms with van der Waals surface area (Å²) in [7, 11) is 3.33. The molecular formula is C32H60N2O6S2. The predicted octanol–water partition coefficient (Wildman–Crippen LogP) is 7.84. The topological polar surface area (TPSA) is 133 Å². The molecule has 42 heavy (non-hydrogen) atoms. The molecule has 0 fully saturated rings. The van der Waals surface area contributed by atoms with Gasteiger partial charge in [-0.05, 0) is 25.7 Å². The number of hydrogen-bond donors (Lipinski definition) is 4. The molecule has 2 unspecified atom stereocenters. The Bertz CT molecular complexity index is 652. The second kappa shape index (κ2) is 29.6. The van der Waals surface area contributed by atoms with Gasteiger partial charge in [-0.2, -0.15) is 0 Å². The van der Waals surface area contributed by atoms with Gasteiger partial charge in [0.15, 0.2) is 0 Å². The van der Waals surface area contributed by atoms with E-state index in [9.17, 15) is 19.2 Å². The van der Waals surface area contributed by atoms with Gasteiger partial charge in [0.1, 0.15) is 0 Å². The molecule has 0 aromatic rings. The number of carboxylic acids is 2. The van der Waals surface area contributed by atoms with Crippen LogP contribution in [0.4, 0.5) is 0 Å². The van der Waals surface area contributed by atoms with E-state index in [0.29, 0.717) is 0 Å². The maximum atomic E-state index is 12.3. The first-order valence-electron chi connectivity index (χ1n) is 16.5. The molecule has 10 heteroatoms. The molecule has 0 aromatic heterocycles. The van der Waals surface area contributed by atoms with Crippen molar-refractivity contribution in [2.45, 2.75) is 142 Å². The minimum absolute atomic E-state index is 0.0512. The monoisotopic (exact) mass is 632 g/mol. The largest absolute Gasteiger partial charge is 0.481 e. The van der Waals surface area contributed by atoms with Crippen molar-refractivity contribution in [3.05, 3.63) is 0 Å². The summed E-state index contributed by atoms with van der Waals surface area (Å²) in [6.45, 7) is 5.36. The third kappa shape index (κ3) is 28.7. The molecule has 0 aliphatic heterocycles. The summed E-state index contributed by atoms with van der Waals surface area (Å²) >= 11 is 0. The third-order valence-corrected chi connectivity index (χ3v) is 10.1. The molecule has 0 heterocycles. The zero-order valence-electron chi connectivity index (χ0n) is 26.5. The number of aliphatic carboxylic acids is 2. The van der Waals surface area contributed by atoms with E-state index in [0.717, 1.165) is 88.8 Å². The molecule has 0 aliphatic rings. The summed E-state index contributed by atoms with van der Waals surface area (Å²) in [6, 6.07) is 0. The van der Waals surface area contributed by atoms with E-state index in [2.05, 4.69) is 10.6 Å². The molecule has 246 valence electrons. The van der Waals surface area contributed by atoms with Gasteiger partial charge in [0.25, 0.3) is 0 Å². The Morgan fingerprint density at radius 2 is 0.738 bits per heavy atom. The normalized spacial score (nSPS) is 12.5. The molecule has 0 bridgehead atoms. The number of amides is 2. The van der Waals surface area contributed by atoms with Crippen molar-refractivity contribution in [2.24, 2.45) is 11.8 Å². The number of nitrogens with one attached hydrogen (secondary N) is 2. The van der Waals surface area contributed by atoms with Crippen molar-refractivity contribution in [1.29, 1.82) is 0 Å². The van der Waals surface area contributed by atoms with Crippen molar-refractivity contribution >= 4 is 45.3 Å². The van der Waals surface area contributed by atoms with Gasteiger partial charge in [-0.25, -0.2) is 0 Å². The minimum Gasteiger partial charge on any atom is -0.481 e. The Morgan fingerprint density at radius 3 is 1.02 bits per heavy atom. The summed E-state index contributed by atoms with van der Waals surface area (Å²) in [4.78, 5) is 45.6. The van der Waals surface area contributed by atoms with E-state index in [4.69, 9.17) is 10.2 Å². The van der Waals surface area contributed by atoms with Gasteiger partial charge in [0.2, 0.25) is 11.8 Å². The quantitative estimate of drug-likeness (QED) is 0.0449. The van der Waals surface area contributed by atoms with Crippen LogP contribution >= 0.6 is 21.6 Å². The van der Waals surface area contributed by atoms with Crippen molar-refractivity contribution < 1.29 is 29.4 Å². The van der Waals surface area contributed by atoms with Crippen LogP contribution in [-0.4, -0.2) is 58.6 Å². The van der Waals surface area contributed by atoms with Crippen LogP contribution in [0.2, 0.25) is 0 Å². The molecule has 8 nitrogen and oxygen atoms in total. The number of carbonyl (C=O) groups is 4. The Balaban J connectivity index is 3.54. The summed E-state index contributed by atoms with van der Waals surface area (Å²) in [6.07, 6.45) is 20.1. The van der Waals surface area contributed by atoms with Gasteiger partial charge < -0.3 is 20.8 Å². The number of rotatable bonds is 31. The van der Waals surface area contributed by atoms with Gasteiger partial charge in [-0.15, -0.1) is 0 Å².